The summed E-state index contributed by atoms with van der Waals surface area (Å²) in [7, 11) is -4.21. The Kier molecular flexibility index (Phi) is 7.85. The largest absolute Gasteiger partial charge is 0.444 e. The molecule has 11 nitrogen and oxygen atoms in total. The number of hydrogen-bond acceptors (Lipinski definition) is 9. The van der Waals surface area contributed by atoms with E-state index in [0.29, 0.717) is 17.1 Å². The zero-order valence-corrected chi connectivity index (χ0v) is 20.3. The number of ether oxygens (including phenoxy) is 2. The van der Waals surface area contributed by atoms with E-state index in [0.717, 1.165) is 4.31 Å². The van der Waals surface area contributed by atoms with Gasteiger partial charge in [0.25, 0.3) is 10.0 Å². The first-order chi connectivity index (χ1) is 15.2. The zero-order chi connectivity index (χ0) is 25.0. The van der Waals surface area contributed by atoms with Gasteiger partial charge in [-0.15, -0.1) is 0 Å². The molecular formula is C21H29N5O6S. The summed E-state index contributed by atoms with van der Waals surface area (Å²) in [6.07, 6.45) is -0.809. The first-order valence-corrected chi connectivity index (χ1v) is 11.5. The van der Waals surface area contributed by atoms with Gasteiger partial charge >= 0.3 is 12.1 Å². The first-order valence-electron chi connectivity index (χ1n) is 10.1. The van der Waals surface area contributed by atoms with Crippen molar-refractivity contribution in [3.63, 3.8) is 0 Å². The quantitative estimate of drug-likeness (QED) is 0.346. The van der Waals surface area contributed by atoms with Crippen LogP contribution in [0.15, 0.2) is 35.2 Å². The Morgan fingerprint density at radius 1 is 1.12 bits per heavy atom. The number of sulfonamides is 1. The fraction of sp³-hybridized carbons (Fsp3) is 0.429. The lowest BCUT2D eigenvalue weighted by molar-refractivity contribution is -0.145. The highest BCUT2D eigenvalue weighted by molar-refractivity contribution is 7.92. The molecule has 0 spiro atoms. The number of anilines is 2. The van der Waals surface area contributed by atoms with Crippen molar-refractivity contribution in [1.29, 1.82) is 0 Å². The summed E-state index contributed by atoms with van der Waals surface area (Å²) in [5.74, 6) is -1.03. The Morgan fingerprint density at radius 3 is 2.18 bits per heavy atom. The summed E-state index contributed by atoms with van der Waals surface area (Å²) < 4.78 is 37.7. The number of carbonyl (C=O) groups excluding carboxylic acids is 2. The molecular weight excluding hydrogens is 450 g/mol. The van der Waals surface area contributed by atoms with E-state index in [4.69, 9.17) is 15.2 Å². The summed E-state index contributed by atoms with van der Waals surface area (Å²) >= 11 is 0. The average Bonchev–Trinajstić information content (AvgIpc) is 2.65. The maximum Gasteiger partial charge on any atom is 0.408 e. The third-order valence-corrected chi connectivity index (χ3v) is 5.79. The molecule has 1 aromatic carbocycles. The number of nitrogens with zero attached hydrogens (tertiary/aromatic N) is 3. The van der Waals surface area contributed by atoms with Gasteiger partial charge < -0.3 is 20.5 Å². The third kappa shape index (κ3) is 7.31. The van der Waals surface area contributed by atoms with Crippen LogP contribution in [0, 0.1) is 13.8 Å². The molecule has 0 saturated carbocycles. The predicted octanol–water partition coefficient (Wildman–Crippen LogP) is 2.28. The maximum absolute atomic E-state index is 13.3. The fourth-order valence-electron chi connectivity index (χ4n) is 2.61. The van der Waals surface area contributed by atoms with E-state index < -0.39 is 40.5 Å². The number of aromatic nitrogens is 2. The smallest absolute Gasteiger partial charge is 0.408 e. The van der Waals surface area contributed by atoms with Crippen molar-refractivity contribution in [2.24, 2.45) is 0 Å². The minimum absolute atomic E-state index is 0.0876. The van der Waals surface area contributed by atoms with Crippen LogP contribution in [0.5, 0.6) is 0 Å². The lowest BCUT2D eigenvalue weighted by Gasteiger charge is -2.24. The molecule has 2 aromatic rings. The maximum atomic E-state index is 13.3. The fourth-order valence-corrected chi connectivity index (χ4v) is 3.83. The summed E-state index contributed by atoms with van der Waals surface area (Å²) in [5, 5.41) is 2.35. The first kappa shape index (κ1) is 25.8. The second-order valence-electron chi connectivity index (χ2n) is 8.33. The van der Waals surface area contributed by atoms with Crippen LogP contribution in [0.2, 0.25) is 0 Å². The van der Waals surface area contributed by atoms with Gasteiger partial charge in [-0.05, 0) is 71.9 Å². The molecule has 0 radical (unpaired) electrons. The van der Waals surface area contributed by atoms with Gasteiger partial charge in [0.2, 0.25) is 5.95 Å². The van der Waals surface area contributed by atoms with Crippen LogP contribution in [0.1, 0.15) is 39.1 Å². The van der Waals surface area contributed by atoms with Crippen LogP contribution in [-0.2, 0) is 24.3 Å². The molecule has 1 atom stereocenters. The molecule has 0 saturated heterocycles. The van der Waals surface area contributed by atoms with Crippen LogP contribution in [-0.4, -0.2) is 48.8 Å². The lowest BCUT2D eigenvalue weighted by Crippen LogP contribution is -2.44. The molecule has 0 aliphatic heterocycles. The molecule has 0 fully saturated rings. The molecule has 12 heteroatoms. The van der Waals surface area contributed by atoms with Crippen LogP contribution >= 0.6 is 0 Å². The number of nitrogens with two attached hydrogens (primary N) is 1. The number of carbonyl (C=O) groups is 2. The van der Waals surface area contributed by atoms with Crippen molar-refractivity contribution < 1.29 is 27.5 Å². The van der Waals surface area contributed by atoms with E-state index in [2.05, 4.69) is 15.3 Å². The minimum Gasteiger partial charge on any atom is -0.444 e. The van der Waals surface area contributed by atoms with E-state index in [-0.39, 0.29) is 10.8 Å². The summed E-state index contributed by atoms with van der Waals surface area (Å²) in [6, 6.07) is 6.11. The Balaban J connectivity index is 2.27. The van der Waals surface area contributed by atoms with Crippen molar-refractivity contribution in [1.82, 2.24) is 15.3 Å². The SMILES string of the molecule is Cc1cc(C)nc(N(COC(=O)[C@H](C)NC(=O)OC(C)(C)C)S(=O)(=O)c2ccc(N)cc2)n1. The Labute approximate surface area is 193 Å². The van der Waals surface area contributed by atoms with Gasteiger partial charge in [-0.25, -0.2) is 28.0 Å². The molecule has 2 rings (SSSR count). The number of amides is 1. The molecule has 0 unspecified atom stereocenters. The van der Waals surface area contributed by atoms with Gasteiger partial charge in [-0.3, -0.25) is 0 Å². The van der Waals surface area contributed by atoms with Crippen molar-refractivity contribution in [2.45, 2.75) is 58.1 Å². The number of esters is 1. The number of nitrogen functional groups attached to an aromatic ring is 1. The van der Waals surface area contributed by atoms with Crippen LogP contribution < -0.4 is 15.4 Å². The number of rotatable bonds is 7. The van der Waals surface area contributed by atoms with Gasteiger partial charge in [-0.1, -0.05) is 0 Å². The predicted molar refractivity (Wildman–Crippen MR) is 122 cm³/mol. The number of hydrogen-bond donors (Lipinski definition) is 2. The highest BCUT2D eigenvalue weighted by Crippen LogP contribution is 2.22. The van der Waals surface area contributed by atoms with E-state index in [1.807, 2.05) is 0 Å². The van der Waals surface area contributed by atoms with Crippen LogP contribution in [0.4, 0.5) is 16.4 Å². The normalized spacial score (nSPS) is 12.5. The number of aryl methyl sites for hydroxylation is 2. The lowest BCUT2D eigenvalue weighted by atomic mass is 10.2. The molecule has 33 heavy (non-hydrogen) atoms. The molecule has 1 heterocycles. The molecule has 1 aromatic heterocycles. The van der Waals surface area contributed by atoms with Gasteiger partial charge in [-0.2, -0.15) is 4.31 Å². The molecule has 0 aliphatic rings. The van der Waals surface area contributed by atoms with E-state index in [9.17, 15) is 18.0 Å². The summed E-state index contributed by atoms with van der Waals surface area (Å²) in [6.45, 7) is 9.08. The Bertz CT molecular complexity index is 1090. The second kappa shape index (κ2) is 10.0. The molecule has 1 amide bonds. The van der Waals surface area contributed by atoms with Gasteiger partial charge in [0.1, 0.15) is 11.6 Å². The Morgan fingerprint density at radius 2 is 1.67 bits per heavy atom. The summed E-state index contributed by atoms with van der Waals surface area (Å²) in [4.78, 5) is 32.6. The number of benzene rings is 1. The van der Waals surface area contributed by atoms with E-state index in [1.165, 1.54) is 31.2 Å². The highest BCUT2D eigenvalue weighted by Gasteiger charge is 2.30. The third-order valence-electron chi connectivity index (χ3n) is 4.07. The second-order valence-corrected chi connectivity index (χ2v) is 10.2. The van der Waals surface area contributed by atoms with E-state index >= 15 is 0 Å². The standard InChI is InChI=1S/C21H29N5O6S/c1-13-11-14(2)24-19(23-13)26(33(29,30)17-9-7-16(22)8-10-17)12-31-18(27)15(3)25-20(28)32-21(4,5)6/h7-11,15H,12,22H2,1-6H3,(H,25,28)/t15-/m0/s1. The summed E-state index contributed by atoms with van der Waals surface area (Å²) in [5.41, 5.74) is 6.35. The molecule has 0 aliphatic carbocycles. The number of alkyl carbamates (subject to hydrolysis) is 1. The number of nitrogens with one attached hydrogen (secondary N) is 1. The van der Waals surface area contributed by atoms with Crippen molar-refractivity contribution in [2.75, 3.05) is 16.8 Å². The zero-order valence-electron chi connectivity index (χ0n) is 19.4. The molecule has 0 bridgehead atoms. The van der Waals surface area contributed by atoms with Gasteiger partial charge in [0, 0.05) is 17.1 Å². The van der Waals surface area contributed by atoms with Crippen LogP contribution in [0.25, 0.3) is 0 Å². The van der Waals surface area contributed by atoms with Gasteiger partial charge in [0.05, 0.1) is 4.90 Å². The monoisotopic (exact) mass is 479 g/mol. The van der Waals surface area contributed by atoms with Crippen molar-refractivity contribution in [3.05, 3.63) is 41.7 Å². The minimum atomic E-state index is -4.21. The van der Waals surface area contributed by atoms with Crippen molar-refractivity contribution >= 4 is 33.7 Å². The molecule has 180 valence electrons. The molecule has 3 N–H and O–H groups in total. The Hall–Kier alpha value is -3.41. The van der Waals surface area contributed by atoms with Gasteiger partial charge in [0.15, 0.2) is 6.73 Å². The van der Waals surface area contributed by atoms with Crippen LogP contribution in [0.3, 0.4) is 0 Å². The topological polar surface area (TPSA) is 154 Å². The highest BCUT2D eigenvalue weighted by atomic mass is 32.2. The van der Waals surface area contributed by atoms with E-state index in [1.54, 1.807) is 40.7 Å². The van der Waals surface area contributed by atoms with Crippen molar-refractivity contribution in [3.8, 4) is 0 Å². The average molecular weight is 480 g/mol.